The molecule has 1 N–H and O–H groups in total. The third-order valence-electron chi connectivity index (χ3n) is 3.23. The molecule has 0 atom stereocenters. The molecule has 1 aromatic heterocycles. The van der Waals surface area contributed by atoms with Gasteiger partial charge in [-0.3, -0.25) is 0 Å². The number of methoxy groups -OCH3 is 2. The van der Waals surface area contributed by atoms with Crippen molar-refractivity contribution in [1.29, 1.82) is 0 Å². The van der Waals surface area contributed by atoms with E-state index in [9.17, 15) is 0 Å². The maximum Gasteiger partial charge on any atom is 0.224 e. The van der Waals surface area contributed by atoms with Gasteiger partial charge in [0.05, 0.1) is 25.4 Å². The Bertz CT molecular complexity index is 824. The van der Waals surface area contributed by atoms with E-state index < -0.39 is 0 Å². The Balaban J connectivity index is 2.11. The fourth-order valence-electron chi connectivity index (χ4n) is 2.26. The van der Waals surface area contributed by atoms with Gasteiger partial charge in [-0.25, -0.2) is 4.98 Å². The van der Waals surface area contributed by atoms with Crippen molar-refractivity contribution in [1.82, 2.24) is 9.97 Å². The molecule has 1 heterocycles. The normalized spacial score (nSPS) is 10.5. The first-order chi connectivity index (χ1) is 10.7. The molecular weight excluding hydrogens is 302 g/mol. The van der Waals surface area contributed by atoms with Gasteiger partial charge in [0.15, 0.2) is 11.5 Å². The van der Waals surface area contributed by atoms with E-state index in [4.69, 9.17) is 21.1 Å². The summed E-state index contributed by atoms with van der Waals surface area (Å²) in [7, 11) is 3.19. The van der Waals surface area contributed by atoms with Crippen molar-refractivity contribution < 1.29 is 9.47 Å². The average molecular weight is 316 g/mol. The standard InChI is InChI=1S/C16H14ClN3O2/c1-21-13-9-5-8-12(14(13)22-2)18-15-10-6-3-4-7-11(10)19-16(17)20-15/h3-9H,1-2H3,(H,18,19,20). The van der Waals surface area contributed by atoms with Crippen molar-refractivity contribution in [2.45, 2.75) is 0 Å². The fraction of sp³-hybridized carbons (Fsp3) is 0.125. The van der Waals surface area contributed by atoms with Crippen LogP contribution in [0.25, 0.3) is 10.9 Å². The smallest absolute Gasteiger partial charge is 0.224 e. The van der Waals surface area contributed by atoms with Crippen LogP contribution in [-0.4, -0.2) is 24.2 Å². The lowest BCUT2D eigenvalue weighted by Crippen LogP contribution is -2.00. The highest BCUT2D eigenvalue weighted by Crippen LogP contribution is 2.37. The van der Waals surface area contributed by atoms with Crippen LogP contribution in [0.4, 0.5) is 11.5 Å². The third kappa shape index (κ3) is 2.63. The second kappa shape index (κ2) is 6.07. The summed E-state index contributed by atoms with van der Waals surface area (Å²) in [6.07, 6.45) is 0. The highest BCUT2D eigenvalue weighted by molar-refractivity contribution is 6.28. The lowest BCUT2D eigenvalue weighted by Gasteiger charge is -2.14. The largest absolute Gasteiger partial charge is 0.493 e. The molecule has 0 aliphatic carbocycles. The molecule has 0 fully saturated rings. The minimum atomic E-state index is 0.183. The van der Waals surface area contributed by atoms with Gasteiger partial charge in [-0.05, 0) is 35.9 Å². The maximum absolute atomic E-state index is 6.00. The summed E-state index contributed by atoms with van der Waals surface area (Å²) in [6.45, 7) is 0. The van der Waals surface area contributed by atoms with Crippen LogP contribution in [0, 0.1) is 0 Å². The van der Waals surface area contributed by atoms with Crippen LogP contribution < -0.4 is 14.8 Å². The van der Waals surface area contributed by atoms with E-state index in [0.29, 0.717) is 17.3 Å². The van der Waals surface area contributed by atoms with Crippen LogP contribution in [0.5, 0.6) is 11.5 Å². The zero-order chi connectivity index (χ0) is 15.5. The molecule has 3 aromatic rings. The summed E-state index contributed by atoms with van der Waals surface area (Å²) in [4.78, 5) is 8.49. The predicted octanol–water partition coefficient (Wildman–Crippen LogP) is 4.04. The van der Waals surface area contributed by atoms with Crippen molar-refractivity contribution in [3.63, 3.8) is 0 Å². The van der Waals surface area contributed by atoms with Crippen LogP contribution in [0.2, 0.25) is 5.28 Å². The Morgan fingerprint density at radius 3 is 2.55 bits per heavy atom. The Hall–Kier alpha value is -2.53. The molecular formula is C16H14ClN3O2. The molecule has 3 rings (SSSR count). The molecule has 0 radical (unpaired) electrons. The van der Waals surface area contributed by atoms with E-state index in [1.54, 1.807) is 14.2 Å². The molecule has 5 nitrogen and oxygen atoms in total. The van der Waals surface area contributed by atoms with Gasteiger partial charge < -0.3 is 14.8 Å². The molecule has 0 saturated carbocycles. The number of hydrogen-bond donors (Lipinski definition) is 1. The maximum atomic E-state index is 6.00. The number of rotatable bonds is 4. The van der Waals surface area contributed by atoms with Crippen LogP contribution in [-0.2, 0) is 0 Å². The van der Waals surface area contributed by atoms with Crippen LogP contribution in [0.3, 0.4) is 0 Å². The summed E-state index contributed by atoms with van der Waals surface area (Å²) in [5.41, 5.74) is 1.51. The number of ether oxygens (including phenoxy) is 2. The summed E-state index contributed by atoms with van der Waals surface area (Å²) in [5, 5.41) is 4.30. The zero-order valence-corrected chi connectivity index (χ0v) is 12.9. The topological polar surface area (TPSA) is 56.3 Å². The molecule has 0 spiro atoms. The first-order valence-corrected chi connectivity index (χ1v) is 7.01. The Morgan fingerprint density at radius 1 is 0.955 bits per heavy atom. The van der Waals surface area contributed by atoms with Gasteiger partial charge in [0.2, 0.25) is 5.28 Å². The second-order valence-corrected chi connectivity index (χ2v) is 4.86. The first kappa shape index (κ1) is 14.4. The molecule has 0 bridgehead atoms. The Labute approximate surface area is 132 Å². The molecule has 0 aliphatic rings. The molecule has 2 aromatic carbocycles. The number of para-hydroxylation sites is 2. The second-order valence-electron chi connectivity index (χ2n) is 4.52. The molecule has 0 aliphatic heterocycles. The number of halogens is 1. The SMILES string of the molecule is COc1cccc(Nc2nc(Cl)nc3ccccc23)c1OC. The van der Waals surface area contributed by atoms with E-state index in [-0.39, 0.29) is 5.28 Å². The number of hydrogen-bond acceptors (Lipinski definition) is 5. The van der Waals surface area contributed by atoms with Crippen LogP contribution in [0.1, 0.15) is 0 Å². The van der Waals surface area contributed by atoms with Crippen molar-refractivity contribution in [2.24, 2.45) is 0 Å². The summed E-state index contributed by atoms with van der Waals surface area (Å²) < 4.78 is 10.7. The number of aromatic nitrogens is 2. The number of anilines is 2. The van der Waals surface area contributed by atoms with Crippen molar-refractivity contribution >= 4 is 34.0 Å². The van der Waals surface area contributed by atoms with Gasteiger partial charge in [0.1, 0.15) is 5.82 Å². The van der Waals surface area contributed by atoms with Gasteiger partial charge in [-0.2, -0.15) is 4.98 Å². The minimum absolute atomic E-state index is 0.183. The van der Waals surface area contributed by atoms with Gasteiger partial charge in [0, 0.05) is 5.39 Å². The number of benzene rings is 2. The summed E-state index contributed by atoms with van der Waals surface area (Å²) >= 11 is 6.00. The lowest BCUT2D eigenvalue weighted by atomic mass is 10.2. The highest BCUT2D eigenvalue weighted by Gasteiger charge is 2.12. The monoisotopic (exact) mass is 315 g/mol. The van der Waals surface area contributed by atoms with Crippen molar-refractivity contribution in [2.75, 3.05) is 19.5 Å². The third-order valence-corrected chi connectivity index (χ3v) is 3.40. The van der Waals surface area contributed by atoms with E-state index >= 15 is 0 Å². The highest BCUT2D eigenvalue weighted by atomic mass is 35.5. The molecule has 0 unspecified atom stereocenters. The van der Waals surface area contributed by atoms with Gasteiger partial charge >= 0.3 is 0 Å². The number of fused-ring (bicyclic) bond motifs is 1. The van der Waals surface area contributed by atoms with Gasteiger partial charge in [0.25, 0.3) is 0 Å². The van der Waals surface area contributed by atoms with Crippen molar-refractivity contribution in [3.8, 4) is 11.5 Å². The van der Waals surface area contributed by atoms with E-state index in [1.807, 2.05) is 42.5 Å². The zero-order valence-electron chi connectivity index (χ0n) is 12.1. The van der Waals surface area contributed by atoms with Crippen LogP contribution in [0.15, 0.2) is 42.5 Å². The van der Waals surface area contributed by atoms with E-state index in [0.717, 1.165) is 16.6 Å². The summed E-state index contributed by atoms with van der Waals surface area (Å²) in [5.74, 6) is 1.85. The van der Waals surface area contributed by atoms with Crippen LogP contribution >= 0.6 is 11.6 Å². The number of nitrogens with zero attached hydrogens (tertiary/aromatic N) is 2. The first-order valence-electron chi connectivity index (χ1n) is 6.63. The van der Waals surface area contributed by atoms with E-state index in [1.165, 1.54) is 0 Å². The van der Waals surface area contributed by atoms with Gasteiger partial charge in [-0.15, -0.1) is 0 Å². The van der Waals surface area contributed by atoms with E-state index in [2.05, 4.69) is 15.3 Å². The van der Waals surface area contributed by atoms with Crippen molar-refractivity contribution in [3.05, 3.63) is 47.7 Å². The Kier molecular flexibility index (Phi) is 3.98. The minimum Gasteiger partial charge on any atom is -0.493 e. The molecule has 112 valence electrons. The lowest BCUT2D eigenvalue weighted by molar-refractivity contribution is 0.356. The number of nitrogens with one attached hydrogen (secondary N) is 1. The molecule has 0 amide bonds. The fourth-order valence-corrected chi connectivity index (χ4v) is 2.43. The predicted molar refractivity (Wildman–Crippen MR) is 87.4 cm³/mol. The molecule has 22 heavy (non-hydrogen) atoms. The quantitative estimate of drug-likeness (QED) is 0.736. The van der Waals surface area contributed by atoms with Gasteiger partial charge in [-0.1, -0.05) is 18.2 Å². The molecule has 6 heteroatoms. The summed E-state index contributed by atoms with van der Waals surface area (Å²) in [6, 6.07) is 13.2. The molecule has 0 saturated heterocycles. The average Bonchev–Trinajstić information content (AvgIpc) is 2.54. The Morgan fingerprint density at radius 2 is 1.77 bits per heavy atom.